The average Bonchev–Trinajstić information content (AvgIpc) is 3.18. The van der Waals surface area contributed by atoms with Gasteiger partial charge in [0.2, 0.25) is 0 Å². The second-order valence-corrected chi connectivity index (χ2v) is 7.23. The largest absolute Gasteiger partial charge is 0.382 e. The first-order valence-electron chi connectivity index (χ1n) is 7.93. The molecule has 3 heterocycles. The fourth-order valence-electron chi connectivity index (χ4n) is 2.44. The number of imidazole rings is 1. The Morgan fingerprint density at radius 1 is 1.31 bits per heavy atom. The van der Waals surface area contributed by atoms with Gasteiger partial charge in [-0.05, 0) is 13.8 Å². The van der Waals surface area contributed by atoms with Crippen LogP contribution in [0.5, 0.6) is 0 Å². The smallest absolute Gasteiger partial charge is 0.356 e. The monoisotopic (exact) mass is 387 g/mol. The van der Waals surface area contributed by atoms with Crippen molar-refractivity contribution >= 4 is 24.6 Å². The van der Waals surface area contributed by atoms with E-state index in [0.717, 1.165) is 6.08 Å². The van der Waals surface area contributed by atoms with Crippen LogP contribution in [0.2, 0.25) is 0 Å². The van der Waals surface area contributed by atoms with Crippen molar-refractivity contribution in [3.8, 4) is 0 Å². The molecule has 0 radical (unpaired) electrons. The van der Waals surface area contributed by atoms with E-state index >= 15 is 0 Å². The number of halogens is 1. The van der Waals surface area contributed by atoms with Crippen LogP contribution in [0.25, 0.3) is 11.2 Å². The van der Waals surface area contributed by atoms with E-state index < -0.39 is 25.9 Å². The molecule has 1 aliphatic rings. The van der Waals surface area contributed by atoms with Gasteiger partial charge in [0.15, 0.2) is 36.2 Å². The molecule has 3 rings (SSSR count). The number of hydrogen-bond donors (Lipinski definition) is 1. The van der Waals surface area contributed by atoms with Gasteiger partial charge in [0.05, 0.1) is 19.5 Å². The number of aromatic nitrogens is 4. The number of fused-ring (bicyclic) bond motifs is 1. The van der Waals surface area contributed by atoms with E-state index in [1.54, 1.807) is 13.8 Å². The molecule has 0 bridgehead atoms. The highest BCUT2D eigenvalue weighted by atomic mass is 31.2. The Balaban J connectivity index is 1.71. The van der Waals surface area contributed by atoms with Crippen molar-refractivity contribution in [1.82, 2.24) is 19.5 Å². The van der Waals surface area contributed by atoms with Crippen LogP contribution in [-0.4, -0.2) is 45.4 Å². The summed E-state index contributed by atoms with van der Waals surface area (Å²) in [6, 6.07) is 0. The Labute approximate surface area is 148 Å². The zero-order chi connectivity index (χ0) is 18.7. The van der Waals surface area contributed by atoms with Gasteiger partial charge in [-0.1, -0.05) is 0 Å². The first kappa shape index (κ1) is 18.9. The molecule has 0 saturated carbocycles. The summed E-state index contributed by atoms with van der Waals surface area (Å²) in [5, 5.41) is 0. The average molecular weight is 387 g/mol. The molecule has 0 amide bonds. The van der Waals surface area contributed by atoms with E-state index in [4.69, 9.17) is 24.3 Å². The fourth-order valence-corrected chi connectivity index (χ4v) is 3.78. The second-order valence-electron chi connectivity index (χ2n) is 5.23. The quantitative estimate of drug-likeness (QED) is 0.680. The summed E-state index contributed by atoms with van der Waals surface area (Å²) in [7, 11) is -3.43. The number of anilines is 1. The molecule has 2 aromatic rings. The number of nitrogens with two attached hydrogens (primary N) is 1. The van der Waals surface area contributed by atoms with Gasteiger partial charge in [-0.3, -0.25) is 9.13 Å². The summed E-state index contributed by atoms with van der Waals surface area (Å²) in [4.78, 5) is 12.0. The van der Waals surface area contributed by atoms with Crippen LogP contribution >= 0.6 is 7.60 Å². The Hall–Kier alpha value is -1.91. The van der Waals surface area contributed by atoms with Gasteiger partial charge < -0.3 is 24.3 Å². The lowest BCUT2D eigenvalue weighted by Crippen LogP contribution is -2.17. The Kier molecular flexibility index (Phi) is 5.64. The van der Waals surface area contributed by atoms with Gasteiger partial charge in [0.1, 0.15) is 11.8 Å². The summed E-state index contributed by atoms with van der Waals surface area (Å²) in [6.45, 7) is 3.76. The van der Waals surface area contributed by atoms with Gasteiger partial charge in [-0.2, -0.15) is 0 Å². The molecular formula is C14H19FN5O5P. The highest BCUT2D eigenvalue weighted by Gasteiger charge is 2.34. The third-order valence-electron chi connectivity index (χ3n) is 3.48. The molecular weight excluding hydrogens is 368 g/mol. The molecule has 10 nitrogen and oxygen atoms in total. The maximum atomic E-state index is 14.3. The predicted octanol–water partition coefficient (Wildman–Crippen LogP) is 2.36. The van der Waals surface area contributed by atoms with Crippen LogP contribution in [0.1, 0.15) is 20.1 Å². The lowest BCUT2D eigenvalue weighted by atomic mass is 10.4. The van der Waals surface area contributed by atoms with Crippen LogP contribution in [0.3, 0.4) is 0 Å². The SMILES string of the molecule is CCOP(=O)(CO[C@@H]1C=C(F)[C@H](n2cnc3c(N)ncnc32)O1)OCC. The Morgan fingerprint density at radius 3 is 2.73 bits per heavy atom. The summed E-state index contributed by atoms with van der Waals surface area (Å²) in [5.41, 5.74) is 6.38. The van der Waals surface area contributed by atoms with Crippen LogP contribution < -0.4 is 5.73 Å². The van der Waals surface area contributed by atoms with E-state index in [-0.39, 0.29) is 25.4 Å². The minimum Gasteiger partial charge on any atom is -0.382 e. The molecule has 1 aliphatic heterocycles. The van der Waals surface area contributed by atoms with E-state index in [9.17, 15) is 8.96 Å². The molecule has 2 N–H and O–H groups in total. The lowest BCUT2D eigenvalue weighted by Gasteiger charge is -2.20. The van der Waals surface area contributed by atoms with Crippen molar-refractivity contribution in [2.24, 2.45) is 0 Å². The molecule has 0 unspecified atom stereocenters. The molecule has 12 heteroatoms. The van der Waals surface area contributed by atoms with Gasteiger partial charge in [-0.25, -0.2) is 19.3 Å². The number of rotatable bonds is 8. The van der Waals surface area contributed by atoms with Crippen molar-refractivity contribution in [2.75, 3.05) is 25.3 Å². The molecule has 0 spiro atoms. The summed E-state index contributed by atoms with van der Waals surface area (Å²) >= 11 is 0. The molecule has 0 aromatic carbocycles. The van der Waals surface area contributed by atoms with Crippen molar-refractivity contribution in [2.45, 2.75) is 26.4 Å². The molecule has 2 aromatic heterocycles. The zero-order valence-electron chi connectivity index (χ0n) is 14.2. The number of nitrogens with zero attached hydrogens (tertiary/aromatic N) is 4. The fraction of sp³-hybridized carbons (Fsp3) is 0.500. The van der Waals surface area contributed by atoms with Crippen LogP contribution in [-0.2, 0) is 23.1 Å². The highest BCUT2D eigenvalue weighted by Crippen LogP contribution is 2.48. The minimum atomic E-state index is -3.43. The van der Waals surface area contributed by atoms with Gasteiger partial charge >= 0.3 is 7.60 Å². The number of hydrogen-bond acceptors (Lipinski definition) is 9. The zero-order valence-corrected chi connectivity index (χ0v) is 15.1. The van der Waals surface area contributed by atoms with E-state index in [0.29, 0.717) is 11.2 Å². The summed E-state index contributed by atoms with van der Waals surface area (Å²) in [6.07, 6.45) is 1.17. The minimum absolute atomic E-state index is 0.179. The van der Waals surface area contributed by atoms with Gasteiger partial charge in [0.25, 0.3) is 0 Å². The first-order chi connectivity index (χ1) is 12.5. The molecule has 0 fully saturated rings. The van der Waals surface area contributed by atoms with E-state index in [2.05, 4.69) is 15.0 Å². The molecule has 142 valence electrons. The third kappa shape index (κ3) is 3.76. The van der Waals surface area contributed by atoms with Crippen molar-refractivity contribution in [1.29, 1.82) is 0 Å². The van der Waals surface area contributed by atoms with E-state index in [1.165, 1.54) is 17.2 Å². The van der Waals surface area contributed by atoms with Crippen LogP contribution in [0, 0.1) is 0 Å². The normalized spacial score (nSPS) is 20.7. The van der Waals surface area contributed by atoms with Crippen molar-refractivity contribution in [3.63, 3.8) is 0 Å². The Morgan fingerprint density at radius 2 is 2.04 bits per heavy atom. The Bertz CT molecular complexity index is 849. The molecule has 2 atom stereocenters. The van der Waals surface area contributed by atoms with E-state index in [1.807, 2.05) is 0 Å². The van der Waals surface area contributed by atoms with Gasteiger partial charge in [0, 0.05) is 6.08 Å². The third-order valence-corrected chi connectivity index (χ3v) is 5.25. The maximum Gasteiger partial charge on any atom is 0.356 e. The number of nitrogen functional groups attached to an aromatic ring is 1. The highest BCUT2D eigenvalue weighted by molar-refractivity contribution is 7.53. The summed E-state index contributed by atoms with van der Waals surface area (Å²) < 4.78 is 49.2. The van der Waals surface area contributed by atoms with Crippen LogP contribution in [0.4, 0.5) is 10.2 Å². The summed E-state index contributed by atoms with van der Waals surface area (Å²) in [5.74, 6) is -0.424. The lowest BCUT2D eigenvalue weighted by molar-refractivity contribution is -0.130. The first-order valence-corrected chi connectivity index (χ1v) is 9.65. The molecule has 0 saturated heterocycles. The second kappa shape index (κ2) is 7.77. The molecule has 26 heavy (non-hydrogen) atoms. The number of ether oxygens (including phenoxy) is 2. The van der Waals surface area contributed by atoms with Gasteiger partial charge in [-0.15, -0.1) is 0 Å². The standard InChI is InChI=1S/C14H19FN5O5P/c1-3-23-26(21,24-4-2)8-22-10-5-9(15)14(25-10)20-7-19-11-12(16)17-6-18-13(11)20/h5-7,10,14H,3-4,8H2,1-2H3,(H2,16,17,18)/t10-,14+/m0/s1. The maximum absolute atomic E-state index is 14.3. The van der Waals surface area contributed by atoms with Crippen molar-refractivity contribution < 1.29 is 27.5 Å². The van der Waals surface area contributed by atoms with Crippen molar-refractivity contribution in [3.05, 3.63) is 24.6 Å². The van der Waals surface area contributed by atoms with Crippen LogP contribution in [0.15, 0.2) is 24.6 Å². The predicted molar refractivity (Wildman–Crippen MR) is 89.6 cm³/mol. The topological polar surface area (TPSA) is 124 Å². The molecule has 0 aliphatic carbocycles.